The Bertz CT molecular complexity index is 356. The molecule has 1 aromatic rings. The van der Waals surface area contributed by atoms with E-state index in [0.29, 0.717) is 25.1 Å². The molecule has 0 aromatic heterocycles. The Kier molecular flexibility index (Phi) is 2.98. The highest BCUT2D eigenvalue weighted by Crippen LogP contribution is 2.17. The van der Waals surface area contributed by atoms with Gasteiger partial charge >= 0.3 is 0 Å². The van der Waals surface area contributed by atoms with E-state index in [4.69, 9.17) is 0 Å². The molecule has 2 nitrogen and oxygen atoms in total. The lowest BCUT2D eigenvalue weighted by Crippen LogP contribution is -2.22. The highest BCUT2D eigenvalue weighted by Gasteiger charge is 2.21. The van der Waals surface area contributed by atoms with E-state index in [2.05, 4.69) is 0 Å². The molecule has 1 aromatic carbocycles. The molecule has 0 aliphatic carbocycles. The van der Waals surface area contributed by atoms with Gasteiger partial charge in [0.15, 0.2) is 11.6 Å². The molecule has 82 valence electrons. The maximum Gasteiger partial charge on any atom is 0.163 e. The predicted molar refractivity (Wildman–Crippen MR) is 52.3 cm³/mol. The molecule has 0 bridgehead atoms. The Morgan fingerprint density at radius 1 is 1.40 bits per heavy atom. The van der Waals surface area contributed by atoms with Crippen molar-refractivity contribution in [2.24, 2.45) is 0 Å². The van der Waals surface area contributed by atoms with Gasteiger partial charge in [-0.3, -0.25) is 4.90 Å². The third-order valence-electron chi connectivity index (χ3n) is 2.67. The fourth-order valence-electron chi connectivity index (χ4n) is 1.87. The zero-order valence-electron chi connectivity index (χ0n) is 8.29. The van der Waals surface area contributed by atoms with Crippen LogP contribution in [0.4, 0.5) is 8.78 Å². The summed E-state index contributed by atoms with van der Waals surface area (Å²) in [4.78, 5) is 1.92. The van der Waals surface area contributed by atoms with Gasteiger partial charge in [-0.15, -0.1) is 0 Å². The summed E-state index contributed by atoms with van der Waals surface area (Å²) in [6.45, 7) is 1.63. The molecule has 0 radical (unpaired) electrons. The highest BCUT2D eigenvalue weighted by atomic mass is 19.2. The molecule has 1 heterocycles. The Morgan fingerprint density at radius 3 is 2.87 bits per heavy atom. The van der Waals surface area contributed by atoms with E-state index in [1.165, 1.54) is 6.07 Å². The van der Waals surface area contributed by atoms with E-state index in [0.717, 1.165) is 12.6 Å². The van der Waals surface area contributed by atoms with Crippen LogP contribution < -0.4 is 0 Å². The normalized spacial score (nSPS) is 22.2. The van der Waals surface area contributed by atoms with Gasteiger partial charge in [0, 0.05) is 25.2 Å². The number of benzene rings is 1. The van der Waals surface area contributed by atoms with E-state index >= 15 is 0 Å². The van der Waals surface area contributed by atoms with Crippen LogP contribution in [0.5, 0.6) is 0 Å². The lowest BCUT2D eigenvalue weighted by atomic mass is 10.2. The summed E-state index contributed by atoms with van der Waals surface area (Å²) in [5.41, 5.74) is 0.351. The second-order valence-electron chi connectivity index (χ2n) is 3.89. The van der Waals surface area contributed by atoms with Gasteiger partial charge in [0.2, 0.25) is 0 Å². The van der Waals surface area contributed by atoms with Crippen LogP contribution in [0.25, 0.3) is 0 Å². The van der Waals surface area contributed by atoms with E-state index in [9.17, 15) is 13.9 Å². The third kappa shape index (κ3) is 2.33. The molecular weight excluding hydrogens is 200 g/mol. The van der Waals surface area contributed by atoms with E-state index in [1.807, 2.05) is 4.90 Å². The topological polar surface area (TPSA) is 23.5 Å². The maximum absolute atomic E-state index is 13.3. The molecule has 1 atom stereocenters. The van der Waals surface area contributed by atoms with Gasteiger partial charge in [-0.2, -0.15) is 0 Å². The molecule has 1 saturated heterocycles. The number of aliphatic hydroxyl groups excluding tert-OH is 1. The predicted octanol–water partition coefficient (Wildman–Crippen LogP) is 1.53. The van der Waals surface area contributed by atoms with Crippen molar-refractivity contribution in [2.45, 2.75) is 19.1 Å². The van der Waals surface area contributed by atoms with Gasteiger partial charge in [-0.1, -0.05) is 12.1 Å². The first-order chi connectivity index (χ1) is 7.16. The second-order valence-corrected chi connectivity index (χ2v) is 3.89. The van der Waals surface area contributed by atoms with Crippen LogP contribution in [-0.4, -0.2) is 29.2 Å². The third-order valence-corrected chi connectivity index (χ3v) is 2.67. The van der Waals surface area contributed by atoms with Gasteiger partial charge < -0.3 is 5.11 Å². The van der Waals surface area contributed by atoms with Crippen LogP contribution in [-0.2, 0) is 6.54 Å². The summed E-state index contributed by atoms with van der Waals surface area (Å²) in [6, 6.07) is 4.18. The van der Waals surface area contributed by atoms with Crippen molar-refractivity contribution in [3.63, 3.8) is 0 Å². The zero-order valence-corrected chi connectivity index (χ0v) is 8.29. The molecule has 1 aliphatic heterocycles. The van der Waals surface area contributed by atoms with Crippen molar-refractivity contribution in [3.05, 3.63) is 35.4 Å². The van der Waals surface area contributed by atoms with Crippen molar-refractivity contribution in [2.75, 3.05) is 13.1 Å². The standard InChI is InChI=1S/C11H13F2NO/c12-10-3-1-2-8(11(10)13)6-14-5-4-9(15)7-14/h1-3,9,15H,4-7H2/t9-/m1/s1. The summed E-state index contributed by atoms with van der Waals surface area (Å²) in [5, 5.41) is 9.29. The first kappa shape index (κ1) is 10.5. The molecule has 1 N–H and O–H groups in total. The monoisotopic (exact) mass is 213 g/mol. The number of rotatable bonds is 2. The SMILES string of the molecule is O[C@@H]1CCN(Cc2cccc(F)c2F)C1. The van der Waals surface area contributed by atoms with Crippen molar-refractivity contribution >= 4 is 0 Å². The van der Waals surface area contributed by atoms with Crippen LogP contribution in [0, 0.1) is 11.6 Å². The summed E-state index contributed by atoms with van der Waals surface area (Å²) in [5.74, 6) is -1.59. The first-order valence-electron chi connectivity index (χ1n) is 5.00. The number of aliphatic hydroxyl groups is 1. The summed E-state index contributed by atoms with van der Waals surface area (Å²) in [6.07, 6.45) is 0.373. The first-order valence-corrected chi connectivity index (χ1v) is 5.00. The number of hydrogen-bond acceptors (Lipinski definition) is 2. The summed E-state index contributed by atoms with van der Waals surface area (Å²) < 4.78 is 26.2. The average molecular weight is 213 g/mol. The van der Waals surface area contributed by atoms with E-state index < -0.39 is 11.6 Å². The molecular formula is C11H13F2NO. The van der Waals surface area contributed by atoms with Gasteiger partial charge in [-0.05, 0) is 12.5 Å². The van der Waals surface area contributed by atoms with Crippen molar-refractivity contribution in [3.8, 4) is 0 Å². The lowest BCUT2D eigenvalue weighted by Gasteiger charge is -2.15. The highest BCUT2D eigenvalue weighted by molar-refractivity contribution is 5.18. The number of β-amino-alcohol motifs (C(OH)–C–C–N with tert-alkyl or cyclic N) is 1. The van der Waals surface area contributed by atoms with Crippen LogP contribution in [0.15, 0.2) is 18.2 Å². The minimum absolute atomic E-state index is 0.332. The molecule has 2 rings (SSSR count). The smallest absolute Gasteiger partial charge is 0.163 e. The molecule has 1 aliphatic rings. The molecule has 4 heteroatoms. The van der Waals surface area contributed by atoms with Crippen LogP contribution in [0.3, 0.4) is 0 Å². The van der Waals surface area contributed by atoms with Crippen LogP contribution in [0.2, 0.25) is 0 Å². The fraction of sp³-hybridized carbons (Fsp3) is 0.455. The van der Waals surface area contributed by atoms with E-state index in [1.54, 1.807) is 6.07 Å². The fourth-order valence-corrected chi connectivity index (χ4v) is 1.87. The molecule has 1 fully saturated rings. The van der Waals surface area contributed by atoms with Crippen molar-refractivity contribution in [1.82, 2.24) is 4.90 Å². The van der Waals surface area contributed by atoms with Gasteiger partial charge in [0.05, 0.1) is 6.10 Å². The molecule has 0 unspecified atom stereocenters. The zero-order chi connectivity index (χ0) is 10.8. The quantitative estimate of drug-likeness (QED) is 0.805. The Morgan fingerprint density at radius 2 is 2.20 bits per heavy atom. The van der Waals surface area contributed by atoms with Gasteiger partial charge in [0.1, 0.15) is 0 Å². The molecule has 0 amide bonds. The number of halogens is 2. The Balaban J connectivity index is 2.07. The Labute approximate surface area is 87.1 Å². The van der Waals surface area contributed by atoms with Crippen molar-refractivity contribution < 1.29 is 13.9 Å². The number of hydrogen-bond donors (Lipinski definition) is 1. The van der Waals surface area contributed by atoms with Crippen molar-refractivity contribution in [1.29, 1.82) is 0 Å². The minimum Gasteiger partial charge on any atom is -0.392 e. The maximum atomic E-state index is 13.3. The largest absolute Gasteiger partial charge is 0.392 e. The van der Waals surface area contributed by atoms with Crippen LogP contribution in [0.1, 0.15) is 12.0 Å². The molecule has 0 spiro atoms. The van der Waals surface area contributed by atoms with E-state index in [-0.39, 0.29) is 6.10 Å². The molecule has 0 saturated carbocycles. The van der Waals surface area contributed by atoms with Crippen LogP contribution >= 0.6 is 0 Å². The Hall–Kier alpha value is -1.00. The lowest BCUT2D eigenvalue weighted by molar-refractivity contribution is 0.174. The number of nitrogens with zero attached hydrogens (tertiary/aromatic N) is 1. The summed E-state index contributed by atoms with van der Waals surface area (Å²) >= 11 is 0. The molecule has 15 heavy (non-hydrogen) atoms. The minimum atomic E-state index is -0.813. The number of likely N-dealkylation sites (tertiary alicyclic amines) is 1. The average Bonchev–Trinajstić information content (AvgIpc) is 2.59. The summed E-state index contributed by atoms with van der Waals surface area (Å²) in [7, 11) is 0. The van der Waals surface area contributed by atoms with Gasteiger partial charge in [0.25, 0.3) is 0 Å². The second kappa shape index (κ2) is 4.24. The van der Waals surface area contributed by atoms with Gasteiger partial charge in [-0.25, -0.2) is 8.78 Å².